The first-order valence-electron chi connectivity index (χ1n) is 10.0. The van der Waals surface area contributed by atoms with Crippen molar-refractivity contribution in [1.29, 1.82) is 0 Å². The van der Waals surface area contributed by atoms with Gasteiger partial charge in [-0.3, -0.25) is 4.79 Å². The lowest BCUT2D eigenvalue weighted by Gasteiger charge is -2.28. The Morgan fingerprint density at radius 2 is 1.76 bits per heavy atom. The van der Waals surface area contributed by atoms with Crippen LogP contribution < -0.4 is 4.74 Å². The van der Waals surface area contributed by atoms with Gasteiger partial charge in [0.15, 0.2) is 16.4 Å². The molecule has 1 saturated heterocycles. The fraction of sp³-hybridized carbons (Fsp3) is 0.435. The van der Waals surface area contributed by atoms with Gasteiger partial charge in [-0.2, -0.15) is 0 Å². The molecule has 0 bridgehead atoms. The van der Waals surface area contributed by atoms with Crippen molar-refractivity contribution < 1.29 is 17.9 Å². The first kappa shape index (κ1) is 21.4. The summed E-state index contributed by atoms with van der Waals surface area (Å²) in [5.41, 5.74) is 4.49. The quantitative estimate of drug-likeness (QED) is 0.695. The van der Waals surface area contributed by atoms with E-state index in [1.165, 1.54) is 5.56 Å². The number of ether oxygens (including phenoxy) is 1. The molecule has 1 amide bonds. The van der Waals surface area contributed by atoms with E-state index in [0.717, 1.165) is 23.1 Å². The van der Waals surface area contributed by atoms with Gasteiger partial charge in [0.1, 0.15) is 5.75 Å². The Morgan fingerprint density at radius 1 is 1.07 bits per heavy atom. The van der Waals surface area contributed by atoms with E-state index >= 15 is 0 Å². The lowest BCUT2D eigenvalue weighted by molar-refractivity contribution is -0.136. The molecule has 2 aromatic rings. The van der Waals surface area contributed by atoms with Crippen LogP contribution in [-0.4, -0.2) is 43.4 Å². The average molecular weight is 416 g/mol. The monoisotopic (exact) mass is 415 g/mol. The Kier molecular flexibility index (Phi) is 6.63. The zero-order chi connectivity index (χ0) is 21.0. The summed E-state index contributed by atoms with van der Waals surface area (Å²) >= 11 is 0. The first-order valence-corrected chi connectivity index (χ1v) is 11.9. The minimum absolute atomic E-state index is 0.0232. The number of carbonyl (C=O) groups excluding carboxylic acids is 1. The van der Waals surface area contributed by atoms with Gasteiger partial charge in [-0.05, 0) is 61.1 Å². The molecule has 0 saturated carbocycles. The number of amides is 1. The smallest absolute Gasteiger partial charge is 0.261 e. The molecule has 29 heavy (non-hydrogen) atoms. The summed E-state index contributed by atoms with van der Waals surface area (Å²) in [6.07, 6.45) is 1.43. The summed E-state index contributed by atoms with van der Waals surface area (Å²) in [6, 6.07) is 13.5. The largest absolute Gasteiger partial charge is 0.484 e. The average Bonchev–Trinajstić information content (AvgIpc) is 3.06. The number of aryl methyl sites for hydroxylation is 3. The van der Waals surface area contributed by atoms with Gasteiger partial charge in [0.25, 0.3) is 5.91 Å². The maximum Gasteiger partial charge on any atom is 0.261 e. The van der Waals surface area contributed by atoms with E-state index in [-0.39, 0.29) is 30.1 Å². The number of hydrogen-bond donors (Lipinski definition) is 0. The molecule has 1 atom stereocenters. The Morgan fingerprint density at radius 3 is 2.34 bits per heavy atom. The maximum absolute atomic E-state index is 13.0. The highest BCUT2D eigenvalue weighted by molar-refractivity contribution is 7.91. The maximum atomic E-state index is 13.0. The fourth-order valence-corrected chi connectivity index (χ4v) is 5.28. The number of nitrogens with zero attached hydrogens (tertiary/aromatic N) is 1. The Hall–Kier alpha value is -2.34. The highest BCUT2D eigenvalue weighted by Crippen LogP contribution is 2.22. The van der Waals surface area contributed by atoms with Crippen molar-refractivity contribution in [3.05, 3.63) is 64.7 Å². The summed E-state index contributed by atoms with van der Waals surface area (Å²) in [7, 11) is -3.09. The third-order valence-corrected chi connectivity index (χ3v) is 7.34. The van der Waals surface area contributed by atoms with Gasteiger partial charge in [-0.15, -0.1) is 0 Å². The van der Waals surface area contributed by atoms with Gasteiger partial charge in [-0.1, -0.05) is 37.3 Å². The number of carbonyl (C=O) groups is 1. The molecule has 156 valence electrons. The van der Waals surface area contributed by atoms with Crippen LogP contribution in [0.2, 0.25) is 0 Å². The van der Waals surface area contributed by atoms with Crippen LogP contribution in [-0.2, 0) is 27.6 Å². The zero-order valence-electron chi connectivity index (χ0n) is 17.3. The topological polar surface area (TPSA) is 63.7 Å². The summed E-state index contributed by atoms with van der Waals surface area (Å²) < 4.78 is 29.7. The third kappa shape index (κ3) is 5.60. The molecule has 0 N–H and O–H groups in total. The summed E-state index contributed by atoms with van der Waals surface area (Å²) in [6.45, 7) is 6.40. The normalized spacial score (nSPS) is 17.8. The predicted octanol–water partition coefficient (Wildman–Crippen LogP) is 3.46. The Bertz CT molecular complexity index is 967. The second-order valence-electron chi connectivity index (χ2n) is 7.78. The number of sulfone groups is 1. The highest BCUT2D eigenvalue weighted by atomic mass is 32.2. The molecule has 0 spiro atoms. The molecule has 1 fully saturated rings. The van der Waals surface area contributed by atoms with Crippen LogP contribution in [0.3, 0.4) is 0 Å². The van der Waals surface area contributed by atoms with Crippen molar-refractivity contribution in [1.82, 2.24) is 4.90 Å². The second-order valence-corrected chi connectivity index (χ2v) is 10.0. The van der Waals surface area contributed by atoms with Crippen LogP contribution in [0, 0.1) is 13.8 Å². The van der Waals surface area contributed by atoms with Crippen LogP contribution in [0.4, 0.5) is 0 Å². The number of rotatable bonds is 7. The molecule has 6 heteroatoms. The van der Waals surface area contributed by atoms with E-state index in [1.807, 2.05) is 44.2 Å². The van der Waals surface area contributed by atoms with E-state index in [0.29, 0.717) is 18.7 Å². The first-order chi connectivity index (χ1) is 13.8. The SMILES string of the molecule is CCc1ccc(CN(C(=O)COc2ccc(C)c(C)c2)[C@@H]2CCS(=O)(=O)C2)cc1. The summed E-state index contributed by atoms with van der Waals surface area (Å²) in [5, 5.41) is 0. The predicted molar refractivity (Wildman–Crippen MR) is 115 cm³/mol. The summed E-state index contributed by atoms with van der Waals surface area (Å²) in [4.78, 5) is 14.7. The van der Waals surface area contributed by atoms with Crippen LogP contribution in [0.25, 0.3) is 0 Å². The van der Waals surface area contributed by atoms with Crippen LogP contribution in [0.1, 0.15) is 35.6 Å². The molecule has 3 rings (SSSR count). The lowest BCUT2D eigenvalue weighted by atomic mass is 10.1. The molecule has 2 aromatic carbocycles. The van der Waals surface area contributed by atoms with E-state index in [9.17, 15) is 13.2 Å². The fourth-order valence-electron chi connectivity index (χ4n) is 3.55. The van der Waals surface area contributed by atoms with Gasteiger partial charge in [0, 0.05) is 12.6 Å². The molecular weight excluding hydrogens is 386 g/mol. The van der Waals surface area contributed by atoms with Crippen LogP contribution in [0.5, 0.6) is 5.75 Å². The van der Waals surface area contributed by atoms with E-state index < -0.39 is 9.84 Å². The van der Waals surface area contributed by atoms with Crippen LogP contribution in [0.15, 0.2) is 42.5 Å². The van der Waals surface area contributed by atoms with Gasteiger partial charge in [0.2, 0.25) is 0 Å². The van der Waals surface area contributed by atoms with Crippen molar-refractivity contribution in [3.8, 4) is 5.75 Å². The van der Waals surface area contributed by atoms with E-state index in [4.69, 9.17) is 4.74 Å². The standard InChI is InChI=1S/C23H29NO4S/c1-4-19-6-8-20(9-7-19)14-24(21-11-12-29(26,27)16-21)23(25)15-28-22-10-5-17(2)18(3)13-22/h5-10,13,21H,4,11-12,14-16H2,1-3H3/t21-/m1/s1. The Balaban J connectivity index is 1.73. The Labute approximate surface area is 173 Å². The van der Waals surface area contributed by atoms with Crippen molar-refractivity contribution >= 4 is 15.7 Å². The minimum Gasteiger partial charge on any atom is -0.484 e. The third-order valence-electron chi connectivity index (χ3n) is 5.59. The molecule has 1 aliphatic heterocycles. The van der Waals surface area contributed by atoms with Crippen LogP contribution >= 0.6 is 0 Å². The molecule has 5 nitrogen and oxygen atoms in total. The van der Waals surface area contributed by atoms with Gasteiger partial charge < -0.3 is 9.64 Å². The molecule has 0 unspecified atom stereocenters. The number of benzene rings is 2. The van der Waals surface area contributed by atoms with Gasteiger partial charge in [0.05, 0.1) is 11.5 Å². The molecule has 0 radical (unpaired) electrons. The second kappa shape index (κ2) is 8.99. The van der Waals surface area contributed by atoms with E-state index in [2.05, 4.69) is 19.1 Å². The molecule has 1 heterocycles. The van der Waals surface area contributed by atoms with E-state index in [1.54, 1.807) is 4.90 Å². The molecule has 0 aliphatic carbocycles. The van der Waals surface area contributed by atoms with Crippen molar-refractivity contribution in [2.24, 2.45) is 0 Å². The summed E-state index contributed by atoms with van der Waals surface area (Å²) in [5.74, 6) is 0.613. The van der Waals surface area contributed by atoms with Gasteiger partial charge >= 0.3 is 0 Å². The molecular formula is C23H29NO4S. The van der Waals surface area contributed by atoms with Crippen molar-refractivity contribution in [2.45, 2.75) is 46.2 Å². The minimum atomic E-state index is -3.09. The molecule has 0 aromatic heterocycles. The van der Waals surface area contributed by atoms with Crippen molar-refractivity contribution in [3.63, 3.8) is 0 Å². The molecule has 1 aliphatic rings. The zero-order valence-corrected chi connectivity index (χ0v) is 18.2. The highest BCUT2D eigenvalue weighted by Gasteiger charge is 2.34. The van der Waals surface area contributed by atoms with Gasteiger partial charge in [-0.25, -0.2) is 8.42 Å². The lowest BCUT2D eigenvalue weighted by Crippen LogP contribution is -2.43. The van der Waals surface area contributed by atoms with Crippen molar-refractivity contribution in [2.75, 3.05) is 18.1 Å². The number of hydrogen-bond acceptors (Lipinski definition) is 4.